The van der Waals surface area contributed by atoms with E-state index in [0.717, 1.165) is 4.90 Å². The molecule has 0 spiro atoms. The Labute approximate surface area is 246 Å². The highest BCUT2D eigenvalue weighted by Gasteiger charge is 2.55. The van der Waals surface area contributed by atoms with E-state index < -0.39 is 38.2 Å². The van der Waals surface area contributed by atoms with Crippen molar-refractivity contribution >= 4 is 49.4 Å². The van der Waals surface area contributed by atoms with Gasteiger partial charge in [0.1, 0.15) is 23.5 Å². The van der Waals surface area contributed by atoms with Crippen LogP contribution in [0.4, 0.5) is 0 Å². The number of nitrogens with zero attached hydrogens (tertiary/aromatic N) is 2. The molecule has 1 N–H and O–H groups in total. The van der Waals surface area contributed by atoms with Gasteiger partial charge in [-0.05, 0) is 60.5 Å². The molecule has 3 atom stereocenters. The molecule has 3 aromatic rings. The van der Waals surface area contributed by atoms with Crippen LogP contribution in [0.15, 0.2) is 94.8 Å². The second kappa shape index (κ2) is 12.8. The van der Waals surface area contributed by atoms with Gasteiger partial charge < -0.3 is 19.5 Å². The first-order valence-corrected chi connectivity index (χ1v) is 15.5. The molecule has 0 aromatic heterocycles. The van der Waals surface area contributed by atoms with Crippen molar-refractivity contribution in [1.82, 2.24) is 4.90 Å². The molecule has 0 aliphatic carbocycles. The number of hydrogen-bond donors (Lipinski definition) is 1. The predicted molar refractivity (Wildman–Crippen MR) is 158 cm³/mol. The molecule has 0 saturated carbocycles. The fraction of sp³-hybridized carbons (Fsp3) is 0.207. The second-order valence-electron chi connectivity index (χ2n) is 9.13. The van der Waals surface area contributed by atoms with E-state index in [4.69, 9.17) is 21.1 Å². The minimum Gasteiger partial charge on any atom is -0.507 e. The number of phenolic OH excluding ortho intramolecular Hbond substituents is 1. The average molecular weight is 615 g/mol. The highest BCUT2D eigenvalue weighted by atomic mass is 35.5. The first-order valence-electron chi connectivity index (χ1n) is 12.3. The van der Waals surface area contributed by atoms with E-state index in [1.165, 1.54) is 43.7 Å². The number of aromatic hydroxyl groups is 1. The van der Waals surface area contributed by atoms with Crippen molar-refractivity contribution < 1.29 is 32.6 Å². The zero-order valence-electron chi connectivity index (χ0n) is 22.1. The molecule has 3 aromatic carbocycles. The highest BCUT2D eigenvalue weighted by Crippen LogP contribution is 2.41. The molecule has 9 nitrogen and oxygen atoms in total. The van der Waals surface area contributed by atoms with Gasteiger partial charge in [0, 0.05) is 27.6 Å². The molecular formula is C29H27ClN2O7S2. The monoisotopic (exact) mass is 614 g/mol. The Morgan fingerprint density at radius 1 is 1.17 bits per heavy atom. The maximum Gasteiger partial charge on any atom is 0.333 e. The molecule has 41 heavy (non-hydrogen) atoms. The van der Waals surface area contributed by atoms with E-state index in [-0.39, 0.29) is 28.4 Å². The predicted octanol–water partition coefficient (Wildman–Crippen LogP) is 4.82. The summed E-state index contributed by atoms with van der Waals surface area (Å²) in [6.07, 6.45) is 1.25. The smallest absolute Gasteiger partial charge is 0.333 e. The fourth-order valence-corrected chi connectivity index (χ4v) is 7.74. The third-order valence-corrected chi connectivity index (χ3v) is 10.1. The number of benzene rings is 3. The molecular weight excluding hydrogens is 588 g/mol. The Bertz CT molecular complexity index is 1580. The number of carbonyl (C=O) groups is 2. The van der Waals surface area contributed by atoms with E-state index in [0.29, 0.717) is 27.1 Å². The van der Waals surface area contributed by atoms with Crippen molar-refractivity contribution in [3.05, 3.63) is 101 Å². The Balaban J connectivity index is 1.62. The summed E-state index contributed by atoms with van der Waals surface area (Å²) >= 11 is 6.02. The Morgan fingerprint density at radius 3 is 2.49 bits per heavy atom. The Hall–Kier alpha value is -3.80. The third kappa shape index (κ3) is 6.92. The van der Waals surface area contributed by atoms with Crippen molar-refractivity contribution in [3.8, 4) is 11.5 Å². The van der Waals surface area contributed by atoms with E-state index in [1.807, 2.05) is 0 Å². The van der Waals surface area contributed by atoms with Gasteiger partial charge in [-0.15, -0.1) is 0 Å². The Morgan fingerprint density at radius 2 is 1.85 bits per heavy atom. The van der Waals surface area contributed by atoms with Crippen molar-refractivity contribution in [2.24, 2.45) is 4.99 Å². The van der Waals surface area contributed by atoms with E-state index >= 15 is 0 Å². The number of ether oxygens (including phenoxy) is 2. The van der Waals surface area contributed by atoms with E-state index in [1.54, 1.807) is 49.4 Å². The molecule has 1 heterocycles. The van der Waals surface area contributed by atoms with Crippen molar-refractivity contribution in [3.63, 3.8) is 0 Å². The van der Waals surface area contributed by atoms with Gasteiger partial charge in [-0.3, -0.25) is 9.79 Å². The van der Waals surface area contributed by atoms with Crippen LogP contribution in [0.2, 0.25) is 5.02 Å². The van der Waals surface area contributed by atoms with Gasteiger partial charge in [0.15, 0.2) is 12.1 Å². The summed E-state index contributed by atoms with van der Waals surface area (Å²) in [7, 11) is -1.93. The first-order chi connectivity index (χ1) is 19.5. The summed E-state index contributed by atoms with van der Waals surface area (Å²) in [5, 5.41) is 9.39. The zero-order chi connectivity index (χ0) is 29.7. The normalized spacial score (nSPS) is 17.6. The van der Waals surface area contributed by atoms with Gasteiger partial charge in [-0.2, -0.15) is 0 Å². The molecule has 1 fully saturated rings. The molecule has 0 radical (unpaired) electrons. The van der Waals surface area contributed by atoms with Crippen LogP contribution >= 0.6 is 22.4 Å². The van der Waals surface area contributed by atoms with Crippen LogP contribution in [0.1, 0.15) is 18.1 Å². The molecule has 1 aliphatic heterocycles. The topological polar surface area (TPSA) is 123 Å². The lowest BCUT2D eigenvalue weighted by Crippen LogP contribution is -2.67. The summed E-state index contributed by atoms with van der Waals surface area (Å²) in [5.41, 5.74) is 1.22. The van der Waals surface area contributed by atoms with Crippen LogP contribution in [-0.4, -0.2) is 61.1 Å². The summed E-state index contributed by atoms with van der Waals surface area (Å²) in [4.78, 5) is 32.1. The van der Waals surface area contributed by atoms with Crippen LogP contribution in [0.25, 0.3) is 0 Å². The second-order valence-corrected chi connectivity index (χ2v) is 13.5. The maximum absolute atomic E-state index is 13.4. The summed E-state index contributed by atoms with van der Waals surface area (Å²) < 4.78 is 37.2. The fourth-order valence-electron chi connectivity index (χ4n) is 4.05. The van der Waals surface area contributed by atoms with Crippen LogP contribution in [0.5, 0.6) is 11.5 Å². The lowest BCUT2D eigenvalue weighted by Gasteiger charge is -2.47. The third-order valence-electron chi connectivity index (χ3n) is 6.18. The number of amides is 1. The molecule has 4 rings (SSSR count). The summed E-state index contributed by atoms with van der Waals surface area (Å²) in [6.45, 7) is 5.34. The van der Waals surface area contributed by atoms with Gasteiger partial charge >= 0.3 is 5.97 Å². The summed E-state index contributed by atoms with van der Waals surface area (Å²) in [5.74, 6) is -0.842. The summed E-state index contributed by atoms with van der Waals surface area (Å²) in [6, 6.07) is 16.5. The number of rotatable bonds is 11. The standard InChI is InChI=1S/C29H27ClN2O7S2/c1-18(2)26(29(35)39-17-19-9-12-22(38-3)13-10-19)32-27(34)25(31-16-20-15-21(30)11-14-24(20)33)28(32)40-41(36,37)23-7-5-4-6-8-23/h4-16,25-26,28,33H,1,17H2,2-3H3. The number of methoxy groups -OCH3 is 1. The van der Waals surface area contributed by atoms with Crippen molar-refractivity contribution in [1.29, 1.82) is 0 Å². The average Bonchev–Trinajstić information content (AvgIpc) is 2.96. The highest BCUT2D eigenvalue weighted by molar-refractivity contribution is 8.72. The largest absolute Gasteiger partial charge is 0.507 e. The van der Waals surface area contributed by atoms with Crippen LogP contribution in [0.3, 0.4) is 0 Å². The minimum absolute atomic E-state index is 0.0356. The van der Waals surface area contributed by atoms with Gasteiger partial charge in [-0.25, -0.2) is 13.2 Å². The van der Waals surface area contributed by atoms with Gasteiger partial charge in [0.05, 0.1) is 12.0 Å². The number of carbonyl (C=O) groups excluding carboxylic acids is 2. The van der Waals surface area contributed by atoms with Gasteiger partial charge in [0.2, 0.25) is 8.87 Å². The zero-order valence-corrected chi connectivity index (χ0v) is 24.5. The number of aliphatic imine (C=N–C) groups is 1. The van der Waals surface area contributed by atoms with Gasteiger partial charge in [0.25, 0.3) is 5.91 Å². The number of likely N-dealkylation sites (tertiary alicyclic amines) is 1. The molecule has 0 bridgehead atoms. The number of phenols is 1. The first kappa shape index (κ1) is 30.2. The SMILES string of the molecule is C=C(C)C(C(=O)OCc1ccc(OC)cc1)N1C(=O)C(N=Cc2cc(Cl)ccc2O)C1SS(=O)(=O)c1ccccc1. The molecule has 1 saturated heterocycles. The number of esters is 1. The van der Waals surface area contributed by atoms with Gasteiger partial charge in [-0.1, -0.05) is 48.5 Å². The van der Waals surface area contributed by atoms with Crippen LogP contribution < -0.4 is 4.74 Å². The maximum atomic E-state index is 13.4. The Kier molecular flexibility index (Phi) is 9.42. The molecule has 1 amide bonds. The minimum atomic E-state index is -3.97. The van der Waals surface area contributed by atoms with Crippen LogP contribution in [0, 0.1) is 0 Å². The van der Waals surface area contributed by atoms with Crippen LogP contribution in [-0.2, 0) is 29.8 Å². The number of hydrogen-bond acceptors (Lipinski definition) is 9. The molecule has 12 heteroatoms. The van der Waals surface area contributed by atoms with E-state index in [9.17, 15) is 23.1 Å². The quantitative estimate of drug-likeness (QED) is 0.107. The molecule has 1 aliphatic rings. The van der Waals surface area contributed by atoms with Crippen molar-refractivity contribution in [2.75, 3.05) is 7.11 Å². The lowest BCUT2D eigenvalue weighted by molar-refractivity contribution is -0.161. The number of halogens is 1. The molecule has 214 valence electrons. The number of β-lactam (4-membered cyclic amide) rings is 1. The van der Waals surface area contributed by atoms with Crippen molar-refractivity contribution in [2.45, 2.75) is 35.9 Å². The van der Waals surface area contributed by atoms with E-state index in [2.05, 4.69) is 11.6 Å². The molecule has 3 unspecified atom stereocenters. The lowest BCUT2D eigenvalue weighted by atomic mass is 9.99.